The highest BCUT2D eigenvalue weighted by Crippen LogP contribution is 2.28. The Morgan fingerprint density at radius 1 is 1.35 bits per heavy atom. The van der Waals surface area contributed by atoms with E-state index >= 15 is 0 Å². The topological polar surface area (TPSA) is 38.0 Å². The van der Waals surface area contributed by atoms with Gasteiger partial charge in [0.15, 0.2) is 0 Å². The molecule has 3 heteroatoms. The summed E-state index contributed by atoms with van der Waals surface area (Å²) >= 11 is 1.78. The molecule has 1 saturated carbocycles. The molecular formula is C14H24N2S. The van der Waals surface area contributed by atoms with Crippen molar-refractivity contribution in [1.82, 2.24) is 5.43 Å². The number of thiophene rings is 1. The van der Waals surface area contributed by atoms with Crippen molar-refractivity contribution >= 4 is 11.3 Å². The maximum Gasteiger partial charge on any atom is 0.0216 e. The minimum atomic E-state index is 0.498. The van der Waals surface area contributed by atoms with Gasteiger partial charge in [0.1, 0.15) is 0 Å². The molecule has 96 valence electrons. The van der Waals surface area contributed by atoms with Crippen LogP contribution < -0.4 is 11.3 Å². The Bertz CT molecular complexity index is 291. The van der Waals surface area contributed by atoms with Crippen molar-refractivity contribution in [2.24, 2.45) is 11.8 Å². The van der Waals surface area contributed by atoms with Gasteiger partial charge in [-0.15, -0.1) is 0 Å². The minimum absolute atomic E-state index is 0.498. The Morgan fingerprint density at radius 3 is 2.82 bits per heavy atom. The molecule has 2 rings (SSSR count). The predicted octanol–water partition coefficient (Wildman–Crippen LogP) is 3.48. The number of nitrogens with two attached hydrogens (primary N) is 1. The van der Waals surface area contributed by atoms with Crippen LogP contribution in [-0.4, -0.2) is 6.04 Å². The van der Waals surface area contributed by atoms with E-state index in [1.54, 1.807) is 11.3 Å². The largest absolute Gasteiger partial charge is 0.271 e. The summed E-state index contributed by atoms with van der Waals surface area (Å²) in [4.78, 5) is 0. The maximum absolute atomic E-state index is 5.68. The van der Waals surface area contributed by atoms with Gasteiger partial charge in [-0.2, -0.15) is 11.3 Å². The van der Waals surface area contributed by atoms with Crippen molar-refractivity contribution in [1.29, 1.82) is 0 Å². The van der Waals surface area contributed by atoms with Crippen LogP contribution >= 0.6 is 11.3 Å². The summed E-state index contributed by atoms with van der Waals surface area (Å²) in [7, 11) is 0. The first-order valence-electron chi connectivity index (χ1n) is 6.85. The van der Waals surface area contributed by atoms with Gasteiger partial charge in [-0.1, -0.05) is 32.1 Å². The Kier molecular flexibility index (Phi) is 5.49. The van der Waals surface area contributed by atoms with E-state index in [1.807, 2.05) is 0 Å². The third kappa shape index (κ3) is 4.41. The fourth-order valence-electron chi connectivity index (χ4n) is 2.87. The lowest BCUT2D eigenvalue weighted by molar-refractivity contribution is 0.292. The molecule has 1 atom stereocenters. The van der Waals surface area contributed by atoms with Crippen molar-refractivity contribution in [2.45, 2.75) is 57.4 Å². The van der Waals surface area contributed by atoms with Crippen LogP contribution in [0, 0.1) is 5.92 Å². The van der Waals surface area contributed by atoms with Gasteiger partial charge in [-0.3, -0.25) is 11.3 Å². The molecule has 0 amide bonds. The zero-order valence-corrected chi connectivity index (χ0v) is 11.3. The van der Waals surface area contributed by atoms with E-state index < -0.39 is 0 Å². The quantitative estimate of drug-likeness (QED) is 0.601. The van der Waals surface area contributed by atoms with Gasteiger partial charge >= 0.3 is 0 Å². The molecule has 1 aliphatic rings. The van der Waals surface area contributed by atoms with Crippen LogP contribution in [0.4, 0.5) is 0 Å². The number of nitrogens with one attached hydrogen (secondary N) is 1. The fraction of sp³-hybridized carbons (Fsp3) is 0.714. The summed E-state index contributed by atoms with van der Waals surface area (Å²) in [5.74, 6) is 6.59. The normalized spacial score (nSPS) is 19.4. The number of aryl methyl sites for hydroxylation is 1. The molecule has 2 nitrogen and oxygen atoms in total. The first kappa shape index (κ1) is 13.1. The van der Waals surface area contributed by atoms with Crippen molar-refractivity contribution in [3.8, 4) is 0 Å². The Balaban J connectivity index is 1.72. The lowest BCUT2D eigenvalue weighted by Gasteiger charge is -2.26. The molecule has 1 aliphatic carbocycles. The van der Waals surface area contributed by atoms with Gasteiger partial charge in [0, 0.05) is 6.04 Å². The average molecular weight is 252 g/mol. The van der Waals surface area contributed by atoms with Gasteiger partial charge in [0.05, 0.1) is 0 Å². The zero-order chi connectivity index (χ0) is 11.9. The van der Waals surface area contributed by atoms with Crippen molar-refractivity contribution in [3.63, 3.8) is 0 Å². The predicted molar refractivity (Wildman–Crippen MR) is 74.9 cm³/mol. The second-order valence-corrected chi connectivity index (χ2v) is 6.05. The van der Waals surface area contributed by atoms with E-state index in [0.717, 1.165) is 12.3 Å². The third-order valence-corrected chi connectivity index (χ3v) is 4.67. The summed E-state index contributed by atoms with van der Waals surface area (Å²) in [6.07, 6.45) is 10.7. The first-order chi connectivity index (χ1) is 8.38. The molecule has 0 aliphatic heterocycles. The van der Waals surface area contributed by atoms with Crippen molar-refractivity contribution in [3.05, 3.63) is 22.4 Å². The smallest absolute Gasteiger partial charge is 0.0216 e. The Morgan fingerprint density at radius 2 is 2.18 bits per heavy atom. The SMILES string of the molecule is NNC(CCc1ccsc1)CC1CCCCC1. The van der Waals surface area contributed by atoms with Crippen molar-refractivity contribution < 1.29 is 0 Å². The standard InChI is InChI=1S/C14H24N2S/c15-16-14(7-6-13-8-9-17-11-13)10-12-4-2-1-3-5-12/h8-9,11-12,14,16H,1-7,10,15H2. The molecule has 0 spiro atoms. The van der Waals surface area contributed by atoms with Gasteiger partial charge in [-0.05, 0) is 47.6 Å². The molecule has 1 fully saturated rings. The molecule has 1 aromatic heterocycles. The monoisotopic (exact) mass is 252 g/mol. The van der Waals surface area contributed by atoms with Gasteiger partial charge in [0.2, 0.25) is 0 Å². The highest BCUT2D eigenvalue weighted by atomic mass is 32.1. The van der Waals surface area contributed by atoms with Crippen LogP contribution in [0.25, 0.3) is 0 Å². The number of rotatable bonds is 6. The van der Waals surface area contributed by atoms with Gasteiger partial charge < -0.3 is 0 Å². The van der Waals surface area contributed by atoms with E-state index in [1.165, 1.54) is 50.5 Å². The number of hydrogen-bond acceptors (Lipinski definition) is 3. The maximum atomic E-state index is 5.68. The average Bonchev–Trinajstić information content (AvgIpc) is 2.89. The zero-order valence-electron chi connectivity index (χ0n) is 10.5. The molecular weight excluding hydrogens is 228 g/mol. The molecule has 1 aromatic rings. The summed E-state index contributed by atoms with van der Waals surface area (Å²) in [5.41, 5.74) is 4.47. The second kappa shape index (κ2) is 7.14. The van der Waals surface area contributed by atoms with Gasteiger partial charge in [0.25, 0.3) is 0 Å². The van der Waals surface area contributed by atoms with E-state index in [-0.39, 0.29) is 0 Å². The highest BCUT2D eigenvalue weighted by molar-refractivity contribution is 7.07. The summed E-state index contributed by atoms with van der Waals surface area (Å²) in [5, 5.41) is 4.40. The molecule has 0 aromatic carbocycles. The molecule has 17 heavy (non-hydrogen) atoms. The fourth-order valence-corrected chi connectivity index (χ4v) is 3.57. The molecule has 1 unspecified atom stereocenters. The van der Waals surface area contributed by atoms with Crippen LogP contribution in [0.5, 0.6) is 0 Å². The minimum Gasteiger partial charge on any atom is -0.271 e. The molecule has 1 heterocycles. The van der Waals surface area contributed by atoms with E-state index in [9.17, 15) is 0 Å². The van der Waals surface area contributed by atoms with Crippen LogP contribution in [-0.2, 0) is 6.42 Å². The van der Waals surface area contributed by atoms with E-state index in [4.69, 9.17) is 5.84 Å². The Labute approximate surface area is 109 Å². The lowest BCUT2D eigenvalue weighted by Crippen LogP contribution is -2.37. The second-order valence-electron chi connectivity index (χ2n) is 5.27. The number of hydrogen-bond donors (Lipinski definition) is 2. The molecule has 0 saturated heterocycles. The van der Waals surface area contributed by atoms with Gasteiger partial charge in [-0.25, -0.2) is 0 Å². The highest BCUT2D eigenvalue weighted by Gasteiger charge is 2.18. The van der Waals surface area contributed by atoms with E-state index in [0.29, 0.717) is 6.04 Å². The van der Waals surface area contributed by atoms with Crippen molar-refractivity contribution in [2.75, 3.05) is 0 Å². The van der Waals surface area contributed by atoms with Crippen LogP contribution in [0.2, 0.25) is 0 Å². The Hall–Kier alpha value is -0.380. The molecule has 0 bridgehead atoms. The third-order valence-electron chi connectivity index (χ3n) is 3.94. The number of hydrazine groups is 1. The lowest BCUT2D eigenvalue weighted by atomic mass is 9.84. The van der Waals surface area contributed by atoms with Crippen LogP contribution in [0.1, 0.15) is 50.5 Å². The van der Waals surface area contributed by atoms with E-state index in [2.05, 4.69) is 22.3 Å². The first-order valence-corrected chi connectivity index (χ1v) is 7.80. The summed E-state index contributed by atoms with van der Waals surface area (Å²) in [6.45, 7) is 0. The van der Waals surface area contributed by atoms with Crippen LogP contribution in [0.15, 0.2) is 16.8 Å². The molecule has 3 N–H and O–H groups in total. The molecule has 0 radical (unpaired) electrons. The van der Waals surface area contributed by atoms with Crippen LogP contribution in [0.3, 0.4) is 0 Å². The summed E-state index contributed by atoms with van der Waals surface area (Å²) in [6, 6.07) is 2.72. The summed E-state index contributed by atoms with van der Waals surface area (Å²) < 4.78 is 0.